The molecular weight excluding hydrogens is 268 g/mol. The summed E-state index contributed by atoms with van der Waals surface area (Å²) in [7, 11) is 0. The Bertz CT molecular complexity index is 372. The number of hydrogen-bond donors (Lipinski definition) is 3. The highest BCUT2D eigenvalue weighted by molar-refractivity contribution is 5.21. The quantitative estimate of drug-likeness (QED) is 0.400. The van der Waals surface area contributed by atoms with E-state index >= 15 is 0 Å². The Morgan fingerprint density at radius 1 is 1.00 bits per heavy atom. The van der Waals surface area contributed by atoms with Crippen LogP contribution in [0.2, 0.25) is 0 Å². The van der Waals surface area contributed by atoms with E-state index in [0.29, 0.717) is 19.3 Å². The van der Waals surface area contributed by atoms with Gasteiger partial charge in [-0.2, -0.15) is 0 Å². The Hall–Kier alpha value is -0.600. The highest BCUT2D eigenvalue weighted by atomic mass is 16.5. The SMILES string of the molecule is CC(C)(C)OCCCCCCC#C[C@@]1(O)CCCC1(O)O. The number of hydrogen-bond acceptors (Lipinski definition) is 4. The predicted octanol–water partition coefficient (Wildman–Crippen LogP) is 2.35. The molecule has 0 bridgehead atoms. The van der Waals surface area contributed by atoms with Gasteiger partial charge in [0.1, 0.15) is 0 Å². The normalized spacial score (nSPS) is 24.7. The van der Waals surface area contributed by atoms with Crippen molar-refractivity contribution in [3.8, 4) is 11.8 Å². The van der Waals surface area contributed by atoms with Gasteiger partial charge in [-0.05, 0) is 46.5 Å². The molecule has 0 spiro atoms. The maximum atomic E-state index is 10.1. The summed E-state index contributed by atoms with van der Waals surface area (Å²) in [5.41, 5.74) is -1.71. The molecule has 0 aliphatic heterocycles. The third kappa shape index (κ3) is 6.36. The summed E-state index contributed by atoms with van der Waals surface area (Å²) < 4.78 is 5.64. The van der Waals surface area contributed by atoms with Gasteiger partial charge in [0.2, 0.25) is 5.79 Å². The number of unbranched alkanes of at least 4 members (excludes halogenated alkanes) is 4. The summed E-state index contributed by atoms with van der Waals surface area (Å²) in [6.45, 7) is 6.95. The minimum Gasteiger partial charge on any atom is -0.376 e. The summed E-state index contributed by atoms with van der Waals surface area (Å²) in [5.74, 6) is 3.49. The van der Waals surface area contributed by atoms with E-state index in [9.17, 15) is 15.3 Å². The molecule has 122 valence electrons. The molecule has 4 nitrogen and oxygen atoms in total. The summed E-state index contributed by atoms with van der Waals surface area (Å²) in [6, 6.07) is 0. The van der Waals surface area contributed by atoms with Crippen LogP contribution in [0.5, 0.6) is 0 Å². The summed E-state index contributed by atoms with van der Waals surface area (Å²) in [4.78, 5) is 0. The van der Waals surface area contributed by atoms with E-state index in [-0.39, 0.29) is 12.0 Å². The third-order valence-corrected chi connectivity index (χ3v) is 3.75. The van der Waals surface area contributed by atoms with E-state index in [1.165, 1.54) is 0 Å². The van der Waals surface area contributed by atoms with Gasteiger partial charge in [-0.25, -0.2) is 0 Å². The van der Waals surface area contributed by atoms with Crippen LogP contribution >= 0.6 is 0 Å². The molecule has 0 aromatic rings. The van der Waals surface area contributed by atoms with Crippen LogP contribution in [0.3, 0.4) is 0 Å². The molecule has 0 aromatic heterocycles. The molecule has 0 aromatic carbocycles. The monoisotopic (exact) mass is 298 g/mol. The second-order valence-corrected chi connectivity index (χ2v) is 6.96. The van der Waals surface area contributed by atoms with Crippen molar-refractivity contribution in [2.45, 2.75) is 89.1 Å². The molecule has 3 N–H and O–H groups in total. The molecule has 1 atom stereocenters. The van der Waals surface area contributed by atoms with Crippen LogP contribution in [0.15, 0.2) is 0 Å². The van der Waals surface area contributed by atoms with Crippen LogP contribution in [0.1, 0.15) is 72.1 Å². The average molecular weight is 298 g/mol. The third-order valence-electron chi connectivity index (χ3n) is 3.75. The van der Waals surface area contributed by atoms with Crippen LogP contribution in [-0.2, 0) is 4.74 Å². The highest BCUT2D eigenvalue weighted by Crippen LogP contribution is 2.36. The van der Waals surface area contributed by atoms with Gasteiger partial charge in [0.25, 0.3) is 0 Å². The lowest BCUT2D eigenvalue weighted by molar-refractivity contribution is -0.235. The first-order chi connectivity index (χ1) is 9.66. The van der Waals surface area contributed by atoms with E-state index in [1.807, 2.05) is 0 Å². The molecule has 4 heteroatoms. The van der Waals surface area contributed by atoms with Gasteiger partial charge in [-0.15, -0.1) is 5.92 Å². The second-order valence-electron chi connectivity index (χ2n) is 6.96. The standard InChI is InChI=1S/C17H30O4/c1-15(2,3)21-14-9-7-5-4-6-8-11-16(18)12-10-13-17(16,19)20/h18-20H,4-7,9-10,12-14H2,1-3H3/t16-/m1/s1. The molecule has 0 heterocycles. The van der Waals surface area contributed by atoms with Crippen molar-refractivity contribution in [3.63, 3.8) is 0 Å². The van der Waals surface area contributed by atoms with Crippen molar-refractivity contribution in [1.82, 2.24) is 0 Å². The minimum atomic E-state index is -2.05. The van der Waals surface area contributed by atoms with Gasteiger partial charge in [0.05, 0.1) is 5.60 Å². The van der Waals surface area contributed by atoms with E-state index in [2.05, 4.69) is 32.6 Å². The van der Waals surface area contributed by atoms with E-state index in [4.69, 9.17) is 4.74 Å². The van der Waals surface area contributed by atoms with Gasteiger partial charge >= 0.3 is 0 Å². The Labute approximate surface area is 128 Å². The fourth-order valence-corrected chi connectivity index (χ4v) is 2.42. The van der Waals surface area contributed by atoms with Gasteiger partial charge in [-0.3, -0.25) is 0 Å². The Kier molecular flexibility index (Phi) is 6.68. The maximum absolute atomic E-state index is 10.1. The zero-order valence-electron chi connectivity index (χ0n) is 13.6. The average Bonchev–Trinajstić information content (AvgIpc) is 2.60. The Balaban J connectivity index is 2.12. The van der Waals surface area contributed by atoms with Crippen molar-refractivity contribution in [1.29, 1.82) is 0 Å². The van der Waals surface area contributed by atoms with E-state index in [0.717, 1.165) is 32.3 Å². The topological polar surface area (TPSA) is 69.9 Å². The van der Waals surface area contributed by atoms with E-state index < -0.39 is 11.4 Å². The molecular formula is C17H30O4. The molecule has 1 aliphatic rings. The number of rotatable bonds is 6. The largest absolute Gasteiger partial charge is 0.376 e. The Morgan fingerprint density at radius 2 is 1.67 bits per heavy atom. The maximum Gasteiger partial charge on any atom is 0.204 e. The molecule has 0 saturated heterocycles. The molecule has 1 aliphatic carbocycles. The summed E-state index contributed by atoms with van der Waals surface area (Å²) in [5, 5.41) is 29.4. The van der Waals surface area contributed by atoms with Crippen LogP contribution in [0, 0.1) is 11.8 Å². The van der Waals surface area contributed by atoms with Crippen LogP contribution in [0.25, 0.3) is 0 Å². The second kappa shape index (κ2) is 7.60. The fourth-order valence-electron chi connectivity index (χ4n) is 2.42. The van der Waals surface area contributed by atoms with Crippen LogP contribution < -0.4 is 0 Å². The zero-order valence-corrected chi connectivity index (χ0v) is 13.6. The number of ether oxygens (including phenoxy) is 1. The molecule has 1 fully saturated rings. The van der Waals surface area contributed by atoms with Crippen molar-refractivity contribution in [3.05, 3.63) is 0 Å². The Morgan fingerprint density at radius 3 is 2.24 bits per heavy atom. The van der Waals surface area contributed by atoms with Crippen molar-refractivity contribution in [2.75, 3.05) is 6.61 Å². The zero-order chi connectivity index (χ0) is 16.0. The minimum absolute atomic E-state index is 0.0662. The fraction of sp³-hybridized carbons (Fsp3) is 0.882. The first-order valence-corrected chi connectivity index (χ1v) is 7.97. The summed E-state index contributed by atoms with van der Waals surface area (Å²) >= 11 is 0. The lowest BCUT2D eigenvalue weighted by Gasteiger charge is -2.28. The molecule has 1 rings (SSSR count). The van der Waals surface area contributed by atoms with Crippen LogP contribution in [-0.4, -0.2) is 38.9 Å². The molecule has 0 radical (unpaired) electrons. The van der Waals surface area contributed by atoms with Gasteiger partial charge in [0.15, 0.2) is 5.60 Å². The van der Waals surface area contributed by atoms with Gasteiger partial charge < -0.3 is 20.1 Å². The molecule has 1 saturated carbocycles. The van der Waals surface area contributed by atoms with Crippen LogP contribution in [0.4, 0.5) is 0 Å². The molecule has 21 heavy (non-hydrogen) atoms. The van der Waals surface area contributed by atoms with Crippen molar-refractivity contribution < 1.29 is 20.1 Å². The highest BCUT2D eigenvalue weighted by Gasteiger charge is 2.51. The first-order valence-electron chi connectivity index (χ1n) is 7.97. The smallest absolute Gasteiger partial charge is 0.204 e. The van der Waals surface area contributed by atoms with E-state index in [1.54, 1.807) is 0 Å². The van der Waals surface area contributed by atoms with Gasteiger partial charge in [-0.1, -0.05) is 18.8 Å². The molecule has 0 unspecified atom stereocenters. The molecule has 0 amide bonds. The van der Waals surface area contributed by atoms with Crippen molar-refractivity contribution >= 4 is 0 Å². The summed E-state index contributed by atoms with van der Waals surface area (Å²) in [6.07, 6.45) is 5.97. The lowest BCUT2D eigenvalue weighted by Crippen LogP contribution is -2.48. The van der Waals surface area contributed by atoms with Crippen molar-refractivity contribution in [2.24, 2.45) is 0 Å². The van der Waals surface area contributed by atoms with Gasteiger partial charge in [0, 0.05) is 19.4 Å². The number of aliphatic hydroxyl groups is 3. The predicted molar refractivity (Wildman–Crippen MR) is 82.5 cm³/mol. The first kappa shape index (κ1) is 18.4. The lowest BCUT2D eigenvalue weighted by atomic mass is 9.97.